The molecular weight excluding hydrogens is 256 g/mol. The van der Waals surface area contributed by atoms with Crippen molar-refractivity contribution in [2.45, 2.75) is 18.9 Å². The van der Waals surface area contributed by atoms with Crippen LogP contribution in [0.2, 0.25) is 0 Å². The highest BCUT2D eigenvalue weighted by molar-refractivity contribution is 5.97. The molecule has 1 atom stereocenters. The first-order chi connectivity index (χ1) is 9.66. The number of hydrogen-bond acceptors (Lipinski definition) is 4. The summed E-state index contributed by atoms with van der Waals surface area (Å²) in [6.07, 6.45) is 1.47. The van der Waals surface area contributed by atoms with Crippen LogP contribution in [0.25, 0.3) is 0 Å². The van der Waals surface area contributed by atoms with Gasteiger partial charge in [0.15, 0.2) is 6.61 Å². The zero-order valence-electron chi connectivity index (χ0n) is 11.6. The van der Waals surface area contributed by atoms with Crippen LogP contribution < -0.4 is 15.0 Å². The average Bonchev–Trinajstić information content (AvgIpc) is 2.51. The van der Waals surface area contributed by atoms with Crippen LogP contribution in [0.15, 0.2) is 18.2 Å². The summed E-state index contributed by atoms with van der Waals surface area (Å²) in [5, 5.41) is 13.8. The number of piperidine rings is 1. The first kappa shape index (κ1) is 13.4. The molecular formula is C15H20N2O3. The normalized spacial score (nSPS) is 21.3. The molecule has 0 bridgehead atoms. The van der Waals surface area contributed by atoms with Gasteiger partial charge in [-0.25, -0.2) is 0 Å². The Morgan fingerprint density at radius 2 is 2.15 bits per heavy atom. The fourth-order valence-corrected chi connectivity index (χ4v) is 2.91. The average molecular weight is 276 g/mol. The number of carbonyl (C=O) groups excluding carboxylic acids is 1. The first-order valence-electron chi connectivity index (χ1n) is 7.09. The number of hydrogen-bond donors (Lipinski definition) is 2. The molecule has 1 saturated heterocycles. The zero-order chi connectivity index (χ0) is 14.1. The summed E-state index contributed by atoms with van der Waals surface area (Å²) >= 11 is 0. The van der Waals surface area contributed by atoms with E-state index in [4.69, 9.17) is 4.74 Å². The third kappa shape index (κ3) is 2.39. The molecule has 5 heteroatoms. The Labute approximate surface area is 118 Å². The fraction of sp³-hybridized carbons (Fsp3) is 0.533. The smallest absolute Gasteiger partial charge is 0.264 e. The van der Waals surface area contributed by atoms with Crippen molar-refractivity contribution >= 4 is 11.6 Å². The van der Waals surface area contributed by atoms with E-state index < -0.39 is 6.10 Å². The Morgan fingerprint density at radius 1 is 1.40 bits per heavy atom. The second-order valence-electron chi connectivity index (χ2n) is 5.50. The van der Waals surface area contributed by atoms with Gasteiger partial charge in [0.05, 0.1) is 11.8 Å². The minimum Gasteiger partial charge on any atom is -0.482 e. The highest BCUT2D eigenvalue weighted by Crippen LogP contribution is 2.36. The fourth-order valence-electron chi connectivity index (χ4n) is 2.91. The standard InChI is InChI=1S/C15H20N2O3/c1-17-12-8-11(2-3-13(12)20-9-14(17)18)15(19)10-4-6-16-7-5-10/h2-3,8,10,15-16,19H,4-7,9H2,1H3. The van der Waals surface area contributed by atoms with Gasteiger partial charge in [-0.1, -0.05) is 6.07 Å². The Morgan fingerprint density at radius 3 is 2.90 bits per heavy atom. The van der Waals surface area contributed by atoms with Crippen molar-refractivity contribution in [2.24, 2.45) is 5.92 Å². The second-order valence-corrected chi connectivity index (χ2v) is 5.50. The number of nitrogens with zero attached hydrogens (tertiary/aromatic N) is 1. The van der Waals surface area contributed by atoms with Crippen LogP contribution >= 0.6 is 0 Å². The molecule has 1 unspecified atom stereocenters. The number of aliphatic hydroxyl groups excluding tert-OH is 1. The number of amides is 1. The molecule has 2 aliphatic heterocycles. The summed E-state index contributed by atoms with van der Waals surface area (Å²) in [6, 6.07) is 5.62. The van der Waals surface area contributed by atoms with Gasteiger partial charge in [0.25, 0.3) is 5.91 Å². The van der Waals surface area contributed by atoms with Gasteiger partial charge in [-0.15, -0.1) is 0 Å². The molecule has 0 aromatic heterocycles. The number of rotatable bonds is 2. The SMILES string of the molecule is CN1C(=O)COc2ccc(C(O)C3CCNCC3)cc21. The van der Waals surface area contributed by atoms with Gasteiger partial charge >= 0.3 is 0 Å². The van der Waals surface area contributed by atoms with Crippen LogP contribution in [0.5, 0.6) is 5.75 Å². The molecule has 0 radical (unpaired) electrons. The van der Waals surface area contributed by atoms with Crippen molar-refractivity contribution < 1.29 is 14.6 Å². The van der Waals surface area contributed by atoms with Crippen LogP contribution in [-0.4, -0.2) is 37.8 Å². The van der Waals surface area contributed by atoms with Crippen molar-refractivity contribution in [3.05, 3.63) is 23.8 Å². The molecule has 0 aliphatic carbocycles. The predicted octanol–water partition coefficient (Wildman–Crippen LogP) is 1.07. The van der Waals surface area contributed by atoms with Crippen molar-refractivity contribution in [3.63, 3.8) is 0 Å². The molecule has 2 heterocycles. The molecule has 2 N–H and O–H groups in total. The quantitative estimate of drug-likeness (QED) is 0.848. The molecule has 20 heavy (non-hydrogen) atoms. The van der Waals surface area contributed by atoms with E-state index in [0.29, 0.717) is 5.75 Å². The lowest BCUT2D eigenvalue weighted by Gasteiger charge is -2.30. The number of anilines is 1. The maximum absolute atomic E-state index is 11.7. The summed E-state index contributed by atoms with van der Waals surface area (Å²) in [5.41, 5.74) is 1.60. The van der Waals surface area contributed by atoms with Crippen molar-refractivity contribution in [3.8, 4) is 5.75 Å². The molecule has 0 spiro atoms. The number of fused-ring (bicyclic) bond motifs is 1. The molecule has 1 aromatic carbocycles. The minimum atomic E-state index is -0.479. The highest BCUT2D eigenvalue weighted by Gasteiger charge is 2.27. The molecule has 1 aromatic rings. The lowest BCUT2D eigenvalue weighted by atomic mass is 9.88. The van der Waals surface area contributed by atoms with Gasteiger partial charge in [-0.2, -0.15) is 0 Å². The third-order valence-corrected chi connectivity index (χ3v) is 4.24. The Bertz CT molecular complexity index is 512. The number of likely N-dealkylation sites (N-methyl/N-ethyl adjacent to an activating group) is 1. The zero-order valence-corrected chi connectivity index (χ0v) is 11.6. The van der Waals surface area contributed by atoms with Gasteiger partial charge in [-0.05, 0) is 49.5 Å². The van der Waals surface area contributed by atoms with Gasteiger partial charge in [-0.3, -0.25) is 4.79 Å². The molecule has 1 fully saturated rings. The molecule has 5 nitrogen and oxygen atoms in total. The summed E-state index contributed by atoms with van der Waals surface area (Å²) < 4.78 is 5.40. The Hall–Kier alpha value is -1.59. The van der Waals surface area contributed by atoms with Crippen LogP contribution in [0, 0.1) is 5.92 Å². The van der Waals surface area contributed by atoms with Crippen LogP contribution in [0.3, 0.4) is 0 Å². The van der Waals surface area contributed by atoms with E-state index in [9.17, 15) is 9.90 Å². The van der Waals surface area contributed by atoms with E-state index in [1.54, 1.807) is 11.9 Å². The number of nitrogens with one attached hydrogen (secondary N) is 1. The molecule has 0 saturated carbocycles. The van der Waals surface area contributed by atoms with E-state index in [0.717, 1.165) is 37.2 Å². The van der Waals surface area contributed by atoms with Crippen LogP contribution in [0.1, 0.15) is 24.5 Å². The first-order valence-corrected chi connectivity index (χ1v) is 7.09. The number of ether oxygens (including phenoxy) is 1. The van der Waals surface area contributed by atoms with E-state index >= 15 is 0 Å². The number of aliphatic hydroxyl groups is 1. The number of carbonyl (C=O) groups is 1. The Kier molecular flexibility index (Phi) is 3.63. The summed E-state index contributed by atoms with van der Waals surface area (Å²) in [7, 11) is 1.74. The predicted molar refractivity (Wildman–Crippen MR) is 75.9 cm³/mol. The molecule has 108 valence electrons. The molecule has 2 aliphatic rings. The second kappa shape index (κ2) is 5.42. The summed E-state index contributed by atoms with van der Waals surface area (Å²) in [5.74, 6) is 0.916. The number of benzene rings is 1. The maximum Gasteiger partial charge on any atom is 0.264 e. The van der Waals surface area contributed by atoms with Gasteiger partial charge < -0.3 is 20.1 Å². The maximum atomic E-state index is 11.7. The van der Waals surface area contributed by atoms with E-state index in [1.807, 2.05) is 18.2 Å². The monoisotopic (exact) mass is 276 g/mol. The summed E-state index contributed by atoms with van der Waals surface area (Å²) in [6.45, 7) is 1.99. The van der Waals surface area contributed by atoms with Crippen molar-refractivity contribution in [1.82, 2.24) is 5.32 Å². The third-order valence-electron chi connectivity index (χ3n) is 4.24. The van der Waals surface area contributed by atoms with Crippen LogP contribution in [-0.2, 0) is 4.79 Å². The van der Waals surface area contributed by atoms with E-state index in [2.05, 4.69) is 5.32 Å². The highest BCUT2D eigenvalue weighted by atomic mass is 16.5. The van der Waals surface area contributed by atoms with Gasteiger partial charge in [0.1, 0.15) is 5.75 Å². The van der Waals surface area contributed by atoms with Gasteiger partial charge in [0, 0.05) is 7.05 Å². The van der Waals surface area contributed by atoms with Crippen LogP contribution in [0.4, 0.5) is 5.69 Å². The van der Waals surface area contributed by atoms with Crippen molar-refractivity contribution in [1.29, 1.82) is 0 Å². The minimum absolute atomic E-state index is 0.0639. The lowest BCUT2D eigenvalue weighted by molar-refractivity contribution is -0.120. The largest absolute Gasteiger partial charge is 0.482 e. The van der Waals surface area contributed by atoms with Crippen molar-refractivity contribution in [2.75, 3.05) is 31.6 Å². The molecule has 3 rings (SSSR count). The topological polar surface area (TPSA) is 61.8 Å². The van der Waals surface area contributed by atoms with E-state index in [1.165, 1.54) is 0 Å². The summed E-state index contributed by atoms with van der Waals surface area (Å²) in [4.78, 5) is 13.3. The van der Waals surface area contributed by atoms with E-state index in [-0.39, 0.29) is 18.4 Å². The molecule has 1 amide bonds. The van der Waals surface area contributed by atoms with Gasteiger partial charge in [0.2, 0.25) is 0 Å². The Balaban J connectivity index is 1.85. The lowest BCUT2D eigenvalue weighted by Crippen LogP contribution is -2.35.